The lowest BCUT2D eigenvalue weighted by Gasteiger charge is -2.02. The van der Waals surface area contributed by atoms with Crippen LogP contribution in [0.5, 0.6) is 0 Å². The maximum atomic E-state index is 12.4. The van der Waals surface area contributed by atoms with Gasteiger partial charge in [0.15, 0.2) is 0 Å². The van der Waals surface area contributed by atoms with Gasteiger partial charge in [0, 0.05) is 15.8 Å². The number of aliphatic hydroxyl groups is 1. The van der Waals surface area contributed by atoms with Crippen molar-refractivity contribution in [1.29, 1.82) is 0 Å². The molecule has 3 rings (SSSR count). The Morgan fingerprint density at radius 3 is 2.84 bits per heavy atom. The van der Waals surface area contributed by atoms with Crippen LogP contribution in [0, 0.1) is 0 Å². The summed E-state index contributed by atoms with van der Waals surface area (Å²) < 4.78 is 1.03. The summed E-state index contributed by atoms with van der Waals surface area (Å²) in [5.41, 5.74) is 0.00604. The van der Waals surface area contributed by atoms with E-state index < -0.39 is 5.69 Å². The average molecular weight is 294 g/mol. The summed E-state index contributed by atoms with van der Waals surface area (Å²) in [7, 11) is 0. The van der Waals surface area contributed by atoms with E-state index >= 15 is 0 Å². The van der Waals surface area contributed by atoms with Crippen molar-refractivity contribution in [3.05, 3.63) is 43.7 Å². The number of aromatic amines is 1. The number of aromatic nitrogens is 2. The molecule has 0 atom stereocenters. The van der Waals surface area contributed by atoms with E-state index in [1.54, 1.807) is 11.3 Å². The topological polar surface area (TPSA) is 75.1 Å². The van der Waals surface area contributed by atoms with Crippen molar-refractivity contribution < 1.29 is 5.11 Å². The zero-order valence-corrected chi connectivity index (χ0v) is 11.4. The van der Waals surface area contributed by atoms with Crippen LogP contribution in [-0.2, 0) is 6.54 Å². The normalized spacial score (nSPS) is 11.2. The quantitative estimate of drug-likeness (QED) is 0.768. The number of rotatable bonds is 3. The number of thiophene rings is 2. The molecule has 3 aromatic heterocycles. The number of nitrogens with one attached hydrogen (secondary N) is 1. The van der Waals surface area contributed by atoms with Gasteiger partial charge >= 0.3 is 5.69 Å². The summed E-state index contributed by atoms with van der Waals surface area (Å²) in [5.74, 6) is 0. The standard InChI is InChI=1S/C12H10N2O3S2/c15-4-3-14-11(16)9-7(8-2-1-5-18-8)6-19-10(9)13-12(14)17/h1-2,5-6,15H,3-4H2,(H,13,17). The first-order valence-corrected chi connectivity index (χ1v) is 7.37. The second-order valence-corrected chi connectivity index (χ2v) is 5.77. The van der Waals surface area contributed by atoms with Crippen LogP contribution < -0.4 is 11.2 Å². The molecule has 3 heterocycles. The molecule has 0 amide bonds. The van der Waals surface area contributed by atoms with Crippen LogP contribution in [0.3, 0.4) is 0 Å². The van der Waals surface area contributed by atoms with Gasteiger partial charge in [-0.2, -0.15) is 0 Å². The first-order valence-electron chi connectivity index (χ1n) is 5.61. The number of fused-ring (bicyclic) bond motifs is 1. The Morgan fingerprint density at radius 1 is 1.32 bits per heavy atom. The molecule has 19 heavy (non-hydrogen) atoms. The molecule has 0 saturated heterocycles. The van der Waals surface area contributed by atoms with E-state index in [0.29, 0.717) is 10.2 Å². The summed E-state index contributed by atoms with van der Waals surface area (Å²) in [6, 6.07) is 3.86. The number of hydrogen-bond donors (Lipinski definition) is 2. The molecular formula is C12H10N2O3S2. The van der Waals surface area contributed by atoms with Gasteiger partial charge in [-0.25, -0.2) is 4.79 Å². The Hall–Kier alpha value is -1.70. The fourth-order valence-electron chi connectivity index (χ4n) is 1.97. The van der Waals surface area contributed by atoms with Crippen molar-refractivity contribution in [3.63, 3.8) is 0 Å². The smallest absolute Gasteiger partial charge is 0.329 e. The van der Waals surface area contributed by atoms with Gasteiger partial charge in [0.25, 0.3) is 5.56 Å². The Bertz CT molecular complexity index is 827. The van der Waals surface area contributed by atoms with Crippen molar-refractivity contribution >= 4 is 32.9 Å². The Kier molecular flexibility index (Phi) is 3.09. The molecule has 0 aliphatic rings. The van der Waals surface area contributed by atoms with E-state index in [9.17, 15) is 9.59 Å². The number of nitrogens with zero attached hydrogens (tertiary/aromatic N) is 1. The minimum Gasteiger partial charge on any atom is -0.395 e. The van der Waals surface area contributed by atoms with E-state index in [-0.39, 0.29) is 18.7 Å². The second-order valence-electron chi connectivity index (χ2n) is 3.94. The Labute approximate surface area is 115 Å². The molecule has 0 unspecified atom stereocenters. The monoisotopic (exact) mass is 294 g/mol. The lowest BCUT2D eigenvalue weighted by Crippen LogP contribution is -2.35. The molecule has 0 saturated carbocycles. The van der Waals surface area contributed by atoms with Gasteiger partial charge in [-0.1, -0.05) is 6.07 Å². The van der Waals surface area contributed by atoms with Crippen molar-refractivity contribution in [2.45, 2.75) is 6.54 Å². The predicted octanol–water partition coefficient (Wildman–Crippen LogP) is 1.47. The molecule has 0 bridgehead atoms. The predicted molar refractivity (Wildman–Crippen MR) is 77.1 cm³/mol. The highest BCUT2D eigenvalue weighted by atomic mass is 32.1. The van der Waals surface area contributed by atoms with E-state index in [1.807, 2.05) is 22.9 Å². The third-order valence-electron chi connectivity index (χ3n) is 2.83. The lowest BCUT2D eigenvalue weighted by atomic mass is 10.2. The third kappa shape index (κ3) is 1.95. The molecule has 98 valence electrons. The highest BCUT2D eigenvalue weighted by Gasteiger charge is 2.14. The molecule has 0 radical (unpaired) electrons. The Balaban J connectivity index is 2.36. The van der Waals surface area contributed by atoms with Gasteiger partial charge in [0.05, 0.1) is 18.5 Å². The van der Waals surface area contributed by atoms with Crippen LogP contribution in [0.2, 0.25) is 0 Å². The highest BCUT2D eigenvalue weighted by molar-refractivity contribution is 7.18. The van der Waals surface area contributed by atoms with Gasteiger partial charge in [0.2, 0.25) is 0 Å². The number of H-pyrrole nitrogens is 1. The van der Waals surface area contributed by atoms with E-state index in [0.717, 1.165) is 15.0 Å². The lowest BCUT2D eigenvalue weighted by molar-refractivity contribution is 0.272. The van der Waals surface area contributed by atoms with Crippen molar-refractivity contribution in [2.75, 3.05) is 6.61 Å². The summed E-state index contributed by atoms with van der Waals surface area (Å²) in [5, 5.41) is 13.3. The van der Waals surface area contributed by atoms with Crippen molar-refractivity contribution in [3.8, 4) is 10.4 Å². The molecule has 2 N–H and O–H groups in total. The Morgan fingerprint density at radius 2 is 2.16 bits per heavy atom. The first-order chi connectivity index (χ1) is 9.22. The maximum absolute atomic E-state index is 12.4. The van der Waals surface area contributed by atoms with Crippen molar-refractivity contribution in [2.24, 2.45) is 0 Å². The molecule has 0 aliphatic heterocycles. The van der Waals surface area contributed by atoms with Gasteiger partial charge in [0.1, 0.15) is 4.83 Å². The van der Waals surface area contributed by atoms with Crippen LogP contribution in [0.1, 0.15) is 0 Å². The van der Waals surface area contributed by atoms with E-state index in [2.05, 4.69) is 4.98 Å². The van der Waals surface area contributed by atoms with Crippen LogP contribution in [0.25, 0.3) is 20.7 Å². The largest absolute Gasteiger partial charge is 0.395 e. The van der Waals surface area contributed by atoms with Crippen LogP contribution in [0.15, 0.2) is 32.5 Å². The molecule has 7 heteroatoms. The van der Waals surface area contributed by atoms with Gasteiger partial charge < -0.3 is 5.11 Å². The maximum Gasteiger partial charge on any atom is 0.329 e. The molecular weight excluding hydrogens is 284 g/mol. The summed E-state index contributed by atoms with van der Waals surface area (Å²) in [6.07, 6.45) is 0. The van der Waals surface area contributed by atoms with Crippen LogP contribution in [-0.4, -0.2) is 21.3 Å². The minimum absolute atomic E-state index is 0.00380. The van der Waals surface area contributed by atoms with E-state index in [1.165, 1.54) is 11.3 Å². The summed E-state index contributed by atoms with van der Waals surface area (Å²) in [4.78, 5) is 28.4. The molecule has 0 fully saturated rings. The van der Waals surface area contributed by atoms with Gasteiger partial charge in [-0.05, 0) is 11.4 Å². The molecule has 5 nitrogen and oxygen atoms in total. The molecule has 0 aliphatic carbocycles. The van der Waals surface area contributed by atoms with Crippen LogP contribution in [0.4, 0.5) is 0 Å². The fourth-order valence-corrected chi connectivity index (χ4v) is 3.74. The zero-order chi connectivity index (χ0) is 13.4. The third-order valence-corrected chi connectivity index (χ3v) is 4.62. The zero-order valence-electron chi connectivity index (χ0n) is 9.75. The second kappa shape index (κ2) is 4.76. The van der Waals surface area contributed by atoms with Crippen LogP contribution >= 0.6 is 22.7 Å². The summed E-state index contributed by atoms with van der Waals surface area (Å²) >= 11 is 2.89. The summed E-state index contributed by atoms with van der Waals surface area (Å²) in [6.45, 7) is -0.239. The first kappa shape index (κ1) is 12.3. The molecule has 3 aromatic rings. The molecule has 0 spiro atoms. The fraction of sp³-hybridized carbons (Fsp3) is 0.167. The number of aliphatic hydroxyl groups excluding tert-OH is 1. The van der Waals surface area contributed by atoms with E-state index in [4.69, 9.17) is 5.11 Å². The van der Waals surface area contributed by atoms with Crippen molar-refractivity contribution in [1.82, 2.24) is 9.55 Å². The van der Waals surface area contributed by atoms with Gasteiger partial charge in [-0.15, -0.1) is 22.7 Å². The van der Waals surface area contributed by atoms with Gasteiger partial charge in [-0.3, -0.25) is 14.3 Å². The average Bonchev–Trinajstić information content (AvgIpc) is 3.02. The minimum atomic E-state index is -0.480. The SMILES string of the molecule is O=c1[nH]c2scc(-c3cccs3)c2c(=O)n1CCO. The highest BCUT2D eigenvalue weighted by Crippen LogP contribution is 2.32. The number of hydrogen-bond acceptors (Lipinski definition) is 5. The molecule has 0 aromatic carbocycles.